The van der Waals surface area contributed by atoms with Crippen LogP contribution in [0, 0.1) is 5.82 Å². The van der Waals surface area contributed by atoms with E-state index in [-0.39, 0.29) is 5.69 Å². The third kappa shape index (κ3) is 2.70. The Labute approximate surface area is 75.2 Å². The summed E-state index contributed by atoms with van der Waals surface area (Å²) in [5.74, 6) is -0.547. The molecule has 0 aliphatic heterocycles. The summed E-state index contributed by atoms with van der Waals surface area (Å²) < 4.78 is 12.9. The van der Waals surface area contributed by atoms with Gasteiger partial charge in [-0.3, -0.25) is 4.98 Å². The van der Waals surface area contributed by atoms with E-state index in [1.54, 1.807) is 6.92 Å². The zero-order valence-corrected chi connectivity index (χ0v) is 7.17. The van der Waals surface area contributed by atoms with Crippen LogP contribution in [0.2, 0.25) is 0 Å². The number of pyridine rings is 1. The quantitative estimate of drug-likeness (QED) is 0.727. The van der Waals surface area contributed by atoms with E-state index in [4.69, 9.17) is 0 Å². The van der Waals surface area contributed by atoms with E-state index >= 15 is 0 Å². The Morgan fingerprint density at radius 2 is 2.46 bits per heavy atom. The lowest BCUT2D eigenvalue weighted by molar-refractivity contribution is 0.252. The highest BCUT2D eigenvalue weighted by molar-refractivity contribution is 5.89. The van der Waals surface area contributed by atoms with Gasteiger partial charge in [-0.2, -0.15) is 0 Å². The van der Waals surface area contributed by atoms with Gasteiger partial charge in [0.1, 0.15) is 0 Å². The summed E-state index contributed by atoms with van der Waals surface area (Å²) in [4.78, 5) is 14.5. The van der Waals surface area contributed by atoms with Gasteiger partial charge in [0.05, 0.1) is 11.9 Å². The van der Waals surface area contributed by atoms with Crippen molar-refractivity contribution in [1.29, 1.82) is 0 Å². The topological polar surface area (TPSA) is 54.0 Å². The van der Waals surface area contributed by atoms with Crippen LogP contribution in [0.3, 0.4) is 0 Å². The minimum Gasteiger partial charge on any atom is -0.338 e. The number of rotatable bonds is 2. The predicted octanol–water partition coefficient (Wildman–Crippen LogP) is 1.36. The number of hydrogen-bond acceptors (Lipinski definition) is 2. The zero-order valence-electron chi connectivity index (χ0n) is 7.17. The Morgan fingerprint density at radius 3 is 3.08 bits per heavy atom. The van der Waals surface area contributed by atoms with Gasteiger partial charge in [0.15, 0.2) is 5.82 Å². The molecule has 0 radical (unpaired) electrons. The van der Waals surface area contributed by atoms with Crippen LogP contribution in [0.1, 0.15) is 6.92 Å². The average Bonchev–Trinajstić information content (AvgIpc) is 2.09. The van der Waals surface area contributed by atoms with E-state index in [2.05, 4.69) is 15.6 Å². The van der Waals surface area contributed by atoms with Gasteiger partial charge in [0.2, 0.25) is 0 Å². The molecule has 0 aromatic carbocycles. The molecule has 0 saturated carbocycles. The minimum atomic E-state index is -0.547. The van der Waals surface area contributed by atoms with Crippen molar-refractivity contribution in [2.45, 2.75) is 6.92 Å². The molecule has 70 valence electrons. The van der Waals surface area contributed by atoms with Crippen molar-refractivity contribution in [3.8, 4) is 0 Å². The SMILES string of the molecule is CCNC(=O)Nc1ccncc1F. The first-order valence-electron chi connectivity index (χ1n) is 3.88. The highest BCUT2D eigenvalue weighted by Crippen LogP contribution is 2.09. The molecule has 1 heterocycles. The second kappa shape index (κ2) is 4.39. The van der Waals surface area contributed by atoms with Crippen molar-refractivity contribution in [2.24, 2.45) is 0 Å². The standard InChI is InChI=1S/C8H10FN3O/c1-2-11-8(13)12-7-3-4-10-5-6(7)9/h3-5H,2H2,1H3,(H2,10,11,12,13). The predicted molar refractivity (Wildman–Crippen MR) is 46.9 cm³/mol. The summed E-state index contributed by atoms with van der Waals surface area (Å²) in [6.07, 6.45) is 2.45. The van der Waals surface area contributed by atoms with Crippen LogP contribution in [0.5, 0.6) is 0 Å². The van der Waals surface area contributed by atoms with Gasteiger partial charge in [-0.1, -0.05) is 0 Å². The fourth-order valence-corrected chi connectivity index (χ4v) is 0.804. The van der Waals surface area contributed by atoms with E-state index in [0.29, 0.717) is 6.54 Å². The molecule has 0 unspecified atom stereocenters. The van der Waals surface area contributed by atoms with Crippen molar-refractivity contribution < 1.29 is 9.18 Å². The Hall–Kier alpha value is -1.65. The summed E-state index contributed by atoms with van der Waals surface area (Å²) in [5.41, 5.74) is 0.126. The van der Waals surface area contributed by atoms with E-state index in [0.717, 1.165) is 6.20 Å². The first kappa shape index (κ1) is 9.44. The lowest BCUT2D eigenvalue weighted by Crippen LogP contribution is -2.28. The monoisotopic (exact) mass is 183 g/mol. The van der Waals surface area contributed by atoms with Crippen LogP contribution < -0.4 is 10.6 Å². The lowest BCUT2D eigenvalue weighted by Gasteiger charge is -2.05. The maximum absolute atomic E-state index is 12.9. The maximum Gasteiger partial charge on any atom is 0.319 e. The Kier molecular flexibility index (Phi) is 3.19. The highest BCUT2D eigenvalue weighted by Gasteiger charge is 2.03. The molecule has 0 saturated heterocycles. The normalized spacial score (nSPS) is 9.38. The molecule has 1 rings (SSSR count). The fourth-order valence-electron chi connectivity index (χ4n) is 0.804. The Bertz CT molecular complexity index is 303. The van der Waals surface area contributed by atoms with Crippen molar-refractivity contribution in [1.82, 2.24) is 10.3 Å². The van der Waals surface area contributed by atoms with Crippen molar-refractivity contribution in [3.05, 3.63) is 24.3 Å². The molecular formula is C8H10FN3O. The molecule has 0 spiro atoms. The number of halogens is 1. The second-order valence-electron chi connectivity index (χ2n) is 2.34. The van der Waals surface area contributed by atoms with E-state index in [1.807, 2.05) is 0 Å². The smallest absolute Gasteiger partial charge is 0.319 e. The number of anilines is 1. The van der Waals surface area contributed by atoms with Crippen LogP contribution in [-0.4, -0.2) is 17.6 Å². The second-order valence-corrected chi connectivity index (χ2v) is 2.34. The van der Waals surface area contributed by atoms with Crippen molar-refractivity contribution >= 4 is 11.7 Å². The Morgan fingerprint density at radius 1 is 1.69 bits per heavy atom. The van der Waals surface area contributed by atoms with E-state index in [1.165, 1.54) is 12.3 Å². The molecule has 2 N–H and O–H groups in total. The molecular weight excluding hydrogens is 173 g/mol. The van der Waals surface area contributed by atoms with Gasteiger partial charge < -0.3 is 10.6 Å². The molecule has 1 aromatic heterocycles. The highest BCUT2D eigenvalue weighted by atomic mass is 19.1. The number of nitrogens with zero attached hydrogens (tertiary/aromatic N) is 1. The summed E-state index contributed by atoms with van der Waals surface area (Å²) >= 11 is 0. The van der Waals surface area contributed by atoms with Crippen molar-refractivity contribution in [2.75, 3.05) is 11.9 Å². The summed E-state index contributed by atoms with van der Waals surface area (Å²) in [6, 6.07) is 0.970. The van der Waals surface area contributed by atoms with Crippen molar-refractivity contribution in [3.63, 3.8) is 0 Å². The third-order valence-corrected chi connectivity index (χ3v) is 1.36. The number of aromatic nitrogens is 1. The first-order chi connectivity index (χ1) is 6.24. The molecule has 4 nitrogen and oxygen atoms in total. The number of carbonyl (C=O) groups excluding carboxylic acids is 1. The lowest BCUT2D eigenvalue weighted by atomic mass is 10.4. The van der Waals surface area contributed by atoms with Crippen LogP contribution >= 0.6 is 0 Å². The molecule has 5 heteroatoms. The third-order valence-electron chi connectivity index (χ3n) is 1.36. The van der Waals surface area contributed by atoms with Gasteiger partial charge in [-0.05, 0) is 13.0 Å². The van der Waals surface area contributed by atoms with Crippen LogP contribution in [0.25, 0.3) is 0 Å². The van der Waals surface area contributed by atoms with Gasteiger partial charge in [0.25, 0.3) is 0 Å². The molecule has 0 atom stereocenters. The summed E-state index contributed by atoms with van der Waals surface area (Å²) in [7, 11) is 0. The van der Waals surface area contributed by atoms with Gasteiger partial charge in [-0.15, -0.1) is 0 Å². The van der Waals surface area contributed by atoms with Gasteiger partial charge >= 0.3 is 6.03 Å². The minimum absolute atomic E-state index is 0.126. The van der Waals surface area contributed by atoms with Crippen LogP contribution in [0.15, 0.2) is 18.5 Å². The summed E-state index contributed by atoms with van der Waals surface area (Å²) in [6.45, 7) is 2.28. The van der Waals surface area contributed by atoms with Crippen LogP contribution in [0.4, 0.5) is 14.9 Å². The van der Waals surface area contributed by atoms with E-state index in [9.17, 15) is 9.18 Å². The number of urea groups is 1. The number of nitrogens with one attached hydrogen (secondary N) is 2. The maximum atomic E-state index is 12.9. The number of carbonyl (C=O) groups is 1. The molecule has 0 fully saturated rings. The summed E-state index contributed by atoms with van der Waals surface area (Å²) in [5, 5.41) is 4.83. The number of amides is 2. The molecule has 1 aromatic rings. The molecule has 13 heavy (non-hydrogen) atoms. The first-order valence-corrected chi connectivity index (χ1v) is 3.88. The molecule has 2 amide bonds. The fraction of sp³-hybridized carbons (Fsp3) is 0.250. The Balaban J connectivity index is 2.63. The zero-order chi connectivity index (χ0) is 9.68. The number of hydrogen-bond donors (Lipinski definition) is 2. The average molecular weight is 183 g/mol. The van der Waals surface area contributed by atoms with E-state index < -0.39 is 11.8 Å². The molecule has 0 bridgehead atoms. The molecule has 0 aliphatic carbocycles. The molecule has 0 aliphatic rings. The van der Waals surface area contributed by atoms with Gasteiger partial charge in [0, 0.05) is 12.7 Å². The van der Waals surface area contributed by atoms with Gasteiger partial charge in [-0.25, -0.2) is 9.18 Å². The largest absolute Gasteiger partial charge is 0.338 e. The van der Waals surface area contributed by atoms with Crippen LogP contribution in [-0.2, 0) is 0 Å².